The van der Waals surface area contributed by atoms with Crippen molar-refractivity contribution in [1.82, 2.24) is 5.32 Å². The summed E-state index contributed by atoms with van der Waals surface area (Å²) in [5.41, 5.74) is 2.74. The van der Waals surface area contributed by atoms with Crippen molar-refractivity contribution < 1.29 is 18.8 Å². The van der Waals surface area contributed by atoms with Crippen LogP contribution in [0.2, 0.25) is 18.1 Å². The van der Waals surface area contributed by atoms with Crippen LogP contribution >= 0.6 is 11.8 Å². The van der Waals surface area contributed by atoms with Gasteiger partial charge in [-0.1, -0.05) is 94.1 Å². The van der Waals surface area contributed by atoms with Gasteiger partial charge in [0.1, 0.15) is 5.60 Å². The molecule has 42 heavy (non-hydrogen) atoms. The predicted molar refractivity (Wildman–Crippen MR) is 181 cm³/mol. The van der Waals surface area contributed by atoms with E-state index in [0.717, 1.165) is 37.9 Å². The number of hydrogen-bond donors (Lipinski definition) is 1. The van der Waals surface area contributed by atoms with Crippen molar-refractivity contribution in [3.05, 3.63) is 71.3 Å². The first kappa shape index (κ1) is 36.1. The van der Waals surface area contributed by atoms with Gasteiger partial charge in [-0.3, -0.25) is 4.79 Å². The standard InChI is InChI=1S/C35H55NO4SSi/c1-27(2)34(7,8)42(9,10)39-24-22-30-20-18-29(19-21-30)15-14-23-35(26-41-28(3)37,31-16-12-11-13-17-31)25-36-32(38)40-33(4,5)6/h11-13,16-21,27H,14-15,22-26H2,1-10H3,(H,36,38). The van der Waals surface area contributed by atoms with Gasteiger partial charge in [0.2, 0.25) is 0 Å². The highest BCUT2D eigenvalue weighted by Gasteiger charge is 2.43. The molecule has 234 valence electrons. The second-order valence-electron chi connectivity index (χ2n) is 13.9. The van der Waals surface area contributed by atoms with E-state index in [1.165, 1.54) is 22.9 Å². The van der Waals surface area contributed by atoms with Gasteiger partial charge in [-0.2, -0.15) is 0 Å². The van der Waals surface area contributed by atoms with Crippen molar-refractivity contribution in [3.63, 3.8) is 0 Å². The van der Waals surface area contributed by atoms with Crippen LogP contribution in [0.25, 0.3) is 0 Å². The molecule has 0 saturated heterocycles. The smallest absolute Gasteiger partial charge is 0.407 e. The van der Waals surface area contributed by atoms with E-state index in [9.17, 15) is 9.59 Å². The summed E-state index contributed by atoms with van der Waals surface area (Å²) < 4.78 is 12.0. The molecule has 7 heteroatoms. The van der Waals surface area contributed by atoms with Crippen LogP contribution in [-0.4, -0.2) is 44.0 Å². The first-order chi connectivity index (χ1) is 19.5. The largest absolute Gasteiger partial charge is 0.444 e. The molecule has 0 heterocycles. The normalized spacial score (nSPS) is 14.0. The monoisotopic (exact) mass is 613 g/mol. The van der Waals surface area contributed by atoms with Crippen molar-refractivity contribution in [2.75, 3.05) is 18.9 Å². The summed E-state index contributed by atoms with van der Waals surface area (Å²) in [6.07, 6.45) is 3.16. The first-order valence-electron chi connectivity index (χ1n) is 15.3. The zero-order valence-electron chi connectivity index (χ0n) is 27.8. The maximum Gasteiger partial charge on any atom is 0.407 e. The van der Waals surface area contributed by atoms with Crippen molar-refractivity contribution in [1.29, 1.82) is 0 Å². The highest BCUT2D eigenvalue weighted by atomic mass is 32.2. The first-order valence-corrected chi connectivity index (χ1v) is 19.2. The number of nitrogens with one attached hydrogen (secondary N) is 1. The fourth-order valence-electron chi connectivity index (χ4n) is 4.94. The van der Waals surface area contributed by atoms with Gasteiger partial charge in [0, 0.05) is 31.2 Å². The lowest BCUT2D eigenvalue weighted by molar-refractivity contribution is -0.109. The summed E-state index contributed by atoms with van der Waals surface area (Å²) >= 11 is 1.32. The number of carbonyl (C=O) groups excluding carboxylic acids is 2. The average Bonchev–Trinajstić information content (AvgIpc) is 2.90. The molecule has 0 aliphatic rings. The highest BCUT2D eigenvalue weighted by molar-refractivity contribution is 8.13. The Balaban J connectivity index is 2.08. The third-order valence-electron chi connectivity index (χ3n) is 8.90. The SMILES string of the molecule is CC(=O)SCC(CCCc1ccc(CCO[Si](C)(C)C(C)(C)C(C)C)cc1)(CNC(=O)OC(C)(C)C)c1ccccc1. The van der Waals surface area contributed by atoms with Crippen LogP contribution in [0.15, 0.2) is 54.6 Å². The molecule has 0 spiro atoms. The molecular weight excluding hydrogens is 559 g/mol. The van der Waals surface area contributed by atoms with Crippen LogP contribution in [0, 0.1) is 5.92 Å². The second kappa shape index (κ2) is 15.6. The molecule has 0 fully saturated rings. The molecule has 0 bridgehead atoms. The van der Waals surface area contributed by atoms with Gasteiger partial charge in [-0.15, -0.1) is 0 Å². The van der Waals surface area contributed by atoms with E-state index in [0.29, 0.717) is 18.2 Å². The third-order valence-corrected chi connectivity index (χ3v) is 14.6. The zero-order valence-corrected chi connectivity index (χ0v) is 29.6. The molecule has 0 aliphatic carbocycles. The molecular formula is C35H55NO4SSi. The minimum atomic E-state index is -1.82. The van der Waals surface area contributed by atoms with Crippen molar-refractivity contribution in [2.45, 2.75) is 110 Å². The number of carbonyl (C=O) groups is 2. The average molecular weight is 614 g/mol. The summed E-state index contributed by atoms with van der Waals surface area (Å²) in [5.74, 6) is 1.18. The molecule has 2 aromatic rings. The van der Waals surface area contributed by atoms with Gasteiger partial charge < -0.3 is 14.5 Å². The Labute approximate surface area is 261 Å². The number of amides is 1. The summed E-state index contributed by atoms with van der Waals surface area (Å²) in [7, 11) is -1.82. The van der Waals surface area contributed by atoms with E-state index in [-0.39, 0.29) is 10.2 Å². The molecule has 2 rings (SSSR count). The molecule has 0 radical (unpaired) electrons. The van der Waals surface area contributed by atoms with E-state index >= 15 is 0 Å². The van der Waals surface area contributed by atoms with Gasteiger partial charge in [-0.05, 0) is 87.2 Å². The predicted octanol–water partition coefficient (Wildman–Crippen LogP) is 8.95. The second-order valence-corrected chi connectivity index (χ2v) is 19.7. The van der Waals surface area contributed by atoms with Crippen LogP contribution in [0.4, 0.5) is 4.79 Å². The molecule has 1 amide bonds. The molecule has 1 atom stereocenters. The maximum absolute atomic E-state index is 12.6. The summed E-state index contributed by atoms with van der Waals surface area (Å²) in [5, 5.41) is 3.30. The molecule has 0 aliphatic heterocycles. The van der Waals surface area contributed by atoms with Crippen molar-refractivity contribution in [2.24, 2.45) is 5.92 Å². The summed E-state index contributed by atoms with van der Waals surface area (Å²) in [4.78, 5) is 24.6. The number of benzene rings is 2. The Bertz CT molecular complexity index is 1130. The van der Waals surface area contributed by atoms with Crippen LogP contribution in [0.1, 0.15) is 84.9 Å². The number of rotatable bonds is 15. The van der Waals surface area contributed by atoms with Crippen LogP contribution < -0.4 is 5.32 Å². The Hall–Kier alpha value is -2.09. The Morgan fingerprint density at radius 1 is 0.905 bits per heavy atom. The molecule has 1 unspecified atom stereocenters. The molecule has 5 nitrogen and oxygen atoms in total. The lowest BCUT2D eigenvalue weighted by atomic mass is 9.77. The van der Waals surface area contributed by atoms with Crippen LogP contribution in [-0.2, 0) is 32.2 Å². The Morgan fingerprint density at radius 3 is 2.00 bits per heavy atom. The molecule has 0 saturated carbocycles. The lowest BCUT2D eigenvalue weighted by Crippen LogP contribution is -2.45. The number of aryl methyl sites for hydroxylation is 1. The van der Waals surface area contributed by atoms with Crippen molar-refractivity contribution in [3.8, 4) is 0 Å². The van der Waals surface area contributed by atoms with Crippen LogP contribution in [0.5, 0.6) is 0 Å². The Morgan fingerprint density at radius 2 is 1.48 bits per heavy atom. The fraction of sp³-hybridized carbons (Fsp3) is 0.600. The minimum absolute atomic E-state index is 0.0750. The van der Waals surface area contributed by atoms with Gasteiger partial charge in [0.25, 0.3) is 0 Å². The van der Waals surface area contributed by atoms with Crippen LogP contribution in [0.3, 0.4) is 0 Å². The van der Waals surface area contributed by atoms with Gasteiger partial charge in [0.15, 0.2) is 13.4 Å². The lowest BCUT2D eigenvalue weighted by Gasteiger charge is -2.42. The van der Waals surface area contributed by atoms with Gasteiger partial charge in [-0.25, -0.2) is 4.79 Å². The van der Waals surface area contributed by atoms with Crippen molar-refractivity contribution >= 4 is 31.3 Å². The number of hydrogen-bond acceptors (Lipinski definition) is 5. The zero-order chi connectivity index (χ0) is 31.6. The van der Waals surface area contributed by atoms with Gasteiger partial charge in [0.05, 0.1) is 0 Å². The fourth-order valence-corrected chi connectivity index (χ4v) is 8.20. The quantitative estimate of drug-likeness (QED) is 0.203. The van der Waals surface area contributed by atoms with E-state index in [1.54, 1.807) is 6.92 Å². The van der Waals surface area contributed by atoms with E-state index in [4.69, 9.17) is 9.16 Å². The van der Waals surface area contributed by atoms with E-state index < -0.39 is 25.4 Å². The van der Waals surface area contributed by atoms with Gasteiger partial charge >= 0.3 is 6.09 Å². The highest BCUT2D eigenvalue weighted by Crippen LogP contribution is 2.44. The molecule has 2 aromatic carbocycles. The van der Waals surface area contributed by atoms with E-state index in [2.05, 4.69) is 82.5 Å². The Kier molecular flexibility index (Phi) is 13.4. The summed E-state index contributed by atoms with van der Waals surface area (Å²) in [6.45, 7) is 22.3. The third kappa shape index (κ3) is 11.2. The van der Waals surface area contributed by atoms with E-state index in [1.807, 2.05) is 39.0 Å². The number of ether oxygens (including phenoxy) is 1. The number of thioether (sulfide) groups is 1. The summed E-state index contributed by atoms with van der Waals surface area (Å²) in [6, 6.07) is 19.1. The number of alkyl carbamates (subject to hydrolysis) is 1. The maximum atomic E-state index is 12.6. The topological polar surface area (TPSA) is 64.6 Å². The minimum Gasteiger partial charge on any atom is -0.444 e. The molecule has 1 N–H and O–H groups in total. The molecule has 0 aromatic heterocycles.